The van der Waals surface area contributed by atoms with Crippen molar-refractivity contribution < 1.29 is 19.7 Å². The van der Waals surface area contributed by atoms with Crippen LogP contribution in [0.5, 0.6) is 0 Å². The highest BCUT2D eigenvalue weighted by Crippen LogP contribution is 2.22. The Kier molecular flexibility index (Phi) is 4.27. The van der Waals surface area contributed by atoms with E-state index in [2.05, 4.69) is 0 Å². The average Bonchev–Trinajstić information content (AvgIpc) is 1.74. The van der Waals surface area contributed by atoms with Gasteiger partial charge < -0.3 is 20.7 Å². The first-order valence-corrected chi connectivity index (χ1v) is 4.84. The van der Waals surface area contributed by atoms with Crippen LogP contribution in [-0.2, 0) is 9.53 Å². The molecule has 0 aliphatic rings. The molecule has 0 saturated heterocycles. The standard InChI is InChI=1S/C10H21NO4/c1-9(2,3)15-8(13)6(7(11)12)10(4,5)14/h6-7,12,14H,11H2,1-5H3. The highest BCUT2D eigenvalue weighted by atomic mass is 16.6. The zero-order chi connectivity index (χ0) is 12.4. The summed E-state index contributed by atoms with van der Waals surface area (Å²) in [5.41, 5.74) is 3.15. The Morgan fingerprint density at radius 1 is 1.27 bits per heavy atom. The molecule has 0 aromatic rings. The highest BCUT2D eigenvalue weighted by molar-refractivity contribution is 5.74. The maximum atomic E-state index is 11.6. The van der Waals surface area contributed by atoms with Crippen molar-refractivity contribution in [1.29, 1.82) is 0 Å². The monoisotopic (exact) mass is 219 g/mol. The molecule has 2 unspecified atom stereocenters. The fourth-order valence-corrected chi connectivity index (χ4v) is 1.21. The predicted molar refractivity (Wildman–Crippen MR) is 55.8 cm³/mol. The molecule has 90 valence electrons. The van der Waals surface area contributed by atoms with Gasteiger partial charge in [0.15, 0.2) is 0 Å². The van der Waals surface area contributed by atoms with Gasteiger partial charge in [0.25, 0.3) is 0 Å². The summed E-state index contributed by atoms with van der Waals surface area (Å²) >= 11 is 0. The van der Waals surface area contributed by atoms with Crippen molar-refractivity contribution in [3.05, 3.63) is 0 Å². The molecule has 0 aliphatic carbocycles. The predicted octanol–water partition coefficient (Wildman–Crippen LogP) is -0.00770. The molecule has 0 bridgehead atoms. The summed E-state index contributed by atoms with van der Waals surface area (Å²) in [5.74, 6) is -1.86. The zero-order valence-corrected chi connectivity index (χ0v) is 9.94. The minimum absolute atomic E-state index is 0.671. The smallest absolute Gasteiger partial charge is 0.316 e. The maximum Gasteiger partial charge on any atom is 0.316 e. The number of nitrogens with two attached hydrogens (primary N) is 1. The van der Waals surface area contributed by atoms with Gasteiger partial charge in [-0.1, -0.05) is 0 Å². The van der Waals surface area contributed by atoms with Gasteiger partial charge >= 0.3 is 5.97 Å². The number of carbonyl (C=O) groups is 1. The van der Waals surface area contributed by atoms with E-state index < -0.39 is 29.3 Å². The van der Waals surface area contributed by atoms with Gasteiger partial charge in [0.1, 0.15) is 17.7 Å². The second-order valence-corrected chi connectivity index (χ2v) is 5.16. The molecule has 0 spiro atoms. The Morgan fingerprint density at radius 2 is 1.67 bits per heavy atom. The van der Waals surface area contributed by atoms with Crippen LogP contribution in [0.25, 0.3) is 0 Å². The lowest BCUT2D eigenvalue weighted by Gasteiger charge is -2.32. The van der Waals surface area contributed by atoms with Crippen LogP contribution in [0.3, 0.4) is 0 Å². The van der Waals surface area contributed by atoms with Gasteiger partial charge in [0, 0.05) is 0 Å². The quantitative estimate of drug-likeness (QED) is 0.458. The van der Waals surface area contributed by atoms with Crippen LogP contribution >= 0.6 is 0 Å². The van der Waals surface area contributed by atoms with Gasteiger partial charge in [0.05, 0.1) is 5.60 Å². The third kappa shape index (κ3) is 5.11. The van der Waals surface area contributed by atoms with Gasteiger partial charge in [-0.2, -0.15) is 0 Å². The fourth-order valence-electron chi connectivity index (χ4n) is 1.21. The van der Waals surface area contributed by atoms with Crippen LogP contribution in [0.4, 0.5) is 0 Å². The summed E-state index contributed by atoms with van der Waals surface area (Å²) in [7, 11) is 0. The summed E-state index contributed by atoms with van der Waals surface area (Å²) in [6.45, 7) is 7.91. The normalized spacial score (nSPS) is 17.1. The number of hydrogen-bond donors (Lipinski definition) is 3. The Labute approximate surface area is 90.2 Å². The average molecular weight is 219 g/mol. The molecular weight excluding hydrogens is 198 g/mol. The van der Waals surface area contributed by atoms with Gasteiger partial charge in [-0.15, -0.1) is 0 Å². The summed E-state index contributed by atoms with van der Waals surface area (Å²) in [5, 5.41) is 18.9. The summed E-state index contributed by atoms with van der Waals surface area (Å²) in [6.07, 6.45) is -1.44. The van der Waals surface area contributed by atoms with Crippen LogP contribution in [0.1, 0.15) is 34.6 Å². The van der Waals surface area contributed by atoms with E-state index in [1.54, 1.807) is 20.8 Å². The first-order chi connectivity index (χ1) is 6.45. The third-order valence-electron chi connectivity index (χ3n) is 1.76. The molecule has 0 saturated carbocycles. The molecule has 0 aromatic carbocycles. The Bertz CT molecular complexity index is 225. The Balaban J connectivity index is 4.74. The topological polar surface area (TPSA) is 92.8 Å². The van der Waals surface area contributed by atoms with E-state index in [4.69, 9.17) is 10.5 Å². The first-order valence-electron chi connectivity index (χ1n) is 4.84. The molecule has 0 heterocycles. The van der Waals surface area contributed by atoms with Crippen LogP contribution in [0.2, 0.25) is 0 Å². The highest BCUT2D eigenvalue weighted by Gasteiger charge is 2.40. The number of aliphatic hydroxyl groups is 2. The molecule has 2 atom stereocenters. The van der Waals surface area contributed by atoms with Crippen LogP contribution in [0, 0.1) is 5.92 Å². The Hall–Kier alpha value is -0.650. The molecule has 0 aromatic heterocycles. The lowest BCUT2D eigenvalue weighted by atomic mass is 9.89. The van der Waals surface area contributed by atoms with Crippen molar-refractivity contribution in [2.45, 2.75) is 52.0 Å². The molecular formula is C10H21NO4. The molecule has 5 nitrogen and oxygen atoms in total. The molecule has 5 heteroatoms. The number of esters is 1. The lowest BCUT2D eigenvalue weighted by Crippen LogP contribution is -2.50. The second kappa shape index (κ2) is 4.47. The summed E-state index contributed by atoms with van der Waals surface area (Å²) in [6, 6.07) is 0. The number of hydrogen-bond acceptors (Lipinski definition) is 5. The maximum absolute atomic E-state index is 11.6. The minimum atomic E-state index is -1.44. The number of aliphatic hydroxyl groups excluding tert-OH is 1. The first kappa shape index (κ1) is 14.3. The molecule has 0 fully saturated rings. The van der Waals surface area contributed by atoms with E-state index in [0.29, 0.717) is 0 Å². The van der Waals surface area contributed by atoms with Crippen molar-refractivity contribution >= 4 is 5.97 Å². The third-order valence-corrected chi connectivity index (χ3v) is 1.76. The fraction of sp³-hybridized carbons (Fsp3) is 0.900. The van der Waals surface area contributed by atoms with Crippen molar-refractivity contribution in [2.24, 2.45) is 11.7 Å². The molecule has 4 N–H and O–H groups in total. The SMILES string of the molecule is CC(C)(C)OC(=O)C(C(N)O)C(C)(C)O. The van der Waals surface area contributed by atoms with Gasteiger partial charge in [-0.3, -0.25) is 4.79 Å². The molecule has 0 rings (SSSR count). The van der Waals surface area contributed by atoms with Crippen LogP contribution < -0.4 is 5.73 Å². The van der Waals surface area contributed by atoms with E-state index in [9.17, 15) is 15.0 Å². The van der Waals surface area contributed by atoms with Crippen molar-refractivity contribution in [3.8, 4) is 0 Å². The van der Waals surface area contributed by atoms with Crippen molar-refractivity contribution in [1.82, 2.24) is 0 Å². The second-order valence-electron chi connectivity index (χ2n) is 5.16. The molecule has 0 aliphatic heterocycles. The van der Waals surface area contributed by atoms with E-state index in [-0.39, 0.29) is 0 Å². The van der Waals surface area contributed by atoms with E-state index in [1.807, 2.05) is 0 Å². The molecule has 15 heavy (non-hydrogen) atoms. The largest absolute Gasteiger partial charge is 0.460 e. The van der Waals surface area contributed by atoms with E-state index >= 15 is 0 Å². The van der Waals surface area contributed by atoms with Crippen LogP contribution in [-0.4, -0.2) is 33.6 Å². The number of ether oxygens (including phenoxy) is 1. The van der Waals surface area contributed by atoms with E-state index in [0.717, 1.165) is 0 Å². The van der Waals surface area contributed by atoms with E-state index in [1.165, 1.54) is 13.8 Å². The van der Waals surface area contributed by atoms with Crippen molar-refractivity contribution in [2.75, 3.05) is 0 Å². The summed E-state index contributed by atoms with van der Waals surface area (Å²) in [4.78, 5) is 11.6. The van der Waals surface area contributed by atoms with Crippen LogP contribution in [0.15, 0.2) is 0 Å². The molecule has 0 amide bonds. The van der Waals surface area contributed by atoms with Gasteiger partial charge in [0.2, 0.25) is 0 Å². The number of rotatable bonds is 3. The van der Waals surface area contributed by atoms with Gasteiger partial charge in [-0.05, 0) is 34.6 Å². The minimum Gasteiger partial charge on any atom is -0.460 e. The van der Waals surface area contributed by atoms with Crippen molar-refractivity contribution in [3.63, 3.8) is 0 Å². The lowest BCUT2D eigenvalue weighted by molar-refractivity contribution is -0.175. The molecule has 0 radical (unpaired) electrons. The number of carbonyl (C=O) groups excluding carboxylic acids is 1. The zero-order valence-electron chi connectivity index (χ0n) is 9.94. The van der Waals surface area contributed by atoms with Gasteiger partial charge in [-0.25, -0.2) is 0 Å². The Morgan fingerprint density at radius 3 is 1.87 bits per heavy atom. The summed E-state index contributed by atoms with van der Waals surface area (Å²) < 4.78 is 5.05.